The Morgan fingerprint density at radius 1 is 1.42 bits per heavy atom. The molecule has 1 N–H and O–H groups in total. The van der Waals surface area contributed by atoms with Crippen LogP contribution in [-0.4, -0.2) is 40.2 Å². The SMILES string of the molecule is [2H]c1c(OC([2H])(F)F)c([2H])c2[nH]c([S+]([O-])Cc3nccc(OC([2H])([2H])[2H])c3OC([2H])([2H])[2H])nc2c1[2H]. The van der Waals surface area contributed by atoms with Gasteiger partial charge < -0.3 is 18.8 Å². The lowest BCUT2D eigenvalue weighted by Crippen LogP contribution is -2.10. The first-order valence-corrected chi connectivity index (χ1v) is 7.99. The third-order valence-electron chi connectivity index (χ3n) is 3.03. The van der Waals surface area contributed by atoms with Gasteiger partial charge in [0.25, 0.3) is 0 Å². The van der Waals surface area contributed by atoms with E-state index in [0.29, 0.717) is 0 Å². The Balaban J connectivity index is 2.03. The van der Waals surface area contributed by atoms with Gasteiger partial charge in [-0.05, 0) is 12.1 Å². The van der Waals surface area contributed by atoms with E-state index in [-0.39, 0.29) is 16.7 Å². The number of benzene rings is 1. The average molecular weight is 393 g/mol. The number of imidazole rings is 1. The second-order valence-corrected chi connectivity index (χ2v) is 5.94. The summed E-state index contributed by atoms with van der Waals surface area (Å²) in [7, 11) is -6.05. The molecule has 2 heterocycles. The predicted octanol–water partition coefficient (Wildman–Crippen LogP) is 2.88. The molecule has 3 aromatic rings. The third-order valence-corrected chi connectivity index (χ3v) is 4.19. The molecule has 0 fully saturated rings. The van der Waals surface area contributed by atoms with Crippen molar-refractivity contribution in [1.82, 2.24) is 15.0 Å². The van der Waals surface area contributed by atoms with Crippen molar-refractivity contribution in [3.8, 4) is 17.2 Å². The van der Waals surface area contributed by atoms with E-state index in [4.69, 9.17) is 23.2 Å². The van der Waals surface area contributed by atoms with Crippen LogP contribution in [0.3, 0.4) is 0 Å². The van der Waals surface area contributed by atoms with Crippen molar-refractivity contribution in [1.29, 1.82) is 0 Å². The molecule has 2 aromatic heterocycles. The van der Waals surface area contributed by atoms with Gasteiger partial charge in [-0.1, -0.05) is 0 Å². The Hall–Kier alpha value is -2.59. The lowest BCUT2D eigenvalue weighted by Gasteiger charge is -2.12. The highest BCUT2D eigenvalue weighted by atomic mass is 32.2. The Morgan fingerprint density at radius 3 is 3.04 bits per heavy atom. The molecule has 1 aromatic carbocycles. The second-order valence-electron chi connectivity index (χ2n) is 4.58. The number of rotatable bonds is 7. The first-order valence-electron chi connectivity index (χ1n) is 11.7. The predicted molar refractivity (Wildman–Crippen MR) is 90.2 cm³/mol. The molecule has 0 amide bonds. The molecular weight excluding hydrogens is 368 g/mol. The molecule has 1 unspecified atom stereocenters. The van der Waals surface area contributed by atoms with E-state index in [2.05, 4.69) is 19.7 Å². The van der Waals surface area contributed by atoms with Crippen molar-refractivity contribution in [2.75, 3.05) is 14.1 Å². The first-order chi connectivity index (χ1) is 16.4. The summed E-state index contributed by atoms with van der Waals surface area (Å²) in [6.07, 6.45) is 1.06. The fourth-order valence-corrected chi connectivity index (χ4v) is 2.99. The molecule has 138 valence electrons. The zero-order valence-corrected chi connectivity index (χ0v) is 13.4. The van der Waals surface area contributed by atoms with Gasteiger partial charge in [0.05, 0.1) is 37.4 Å². The van der Waals surface area contributed by atoms with Crippen LogP contribution in [-0.2, 0) is 16.9 Å². The summed E-state index contributed by atoms with van der Waals surface area (Å²) in [5.41, 5.74) is -1.06. The van der Waals surface area contributed by atoms with E-state index in [1.807, 2.05) is 0 Å². The maximum atomic E-state index is 13.0. The van der Waals surface area contributed by atoms with E-state index in [0.717, 1.165) is 12.3 Å². The molecule has 0 bridgehead atoms. The van der Waals surface area contributed by atoms with Crippen LogP contribution in [0.1, 0.15) is 19.4 Å². The highest BCUT2D eigenvalue weighted by molar-refractivity contribution is 7.90. The molecule has 3 rings (SSSR count). The first kappa shape index (κ1) is 9.38. The standard InChI is InChI=1S/C16H15F2N3O4S/c1-23-13-5-6-19-12(14(13)24-2)8-26(22)16-20-10-4-3-9(25-15(17)18)7-11(10)21-16/h3-7,15H,8H2,1-2H3,(H,20,21)/i1D3,2D3,3D,4D,7D,15D. The van der Waals surface area contributed by atoms with Gasteiger partial charge in [0.15, 0.2) is 18.6 Å². The highest BCUT2D eigenvalue weighted by Crippen LogP contribution is 2.31. The van der Waals surface area contributed by atoms with Gasteiger partial charge in [0.2, 0.25) is 0 Å². The topological polar surface area (TPSA) is 92.3 Å². The number of nitrogens with zero attached hydrogens (tertiary/aromatic N) is 2. The lowest BCUT2D eigenvalue weighted by molar-refractivity contribution is -0.0497. The van der Waals surface area contributed by atoms with E-state index in [9.17, 15) is 13.3 Å². The number of hydrogen-bond acceptors (Lipinski definition) is 6. The fourth-order valence-electron chi connectivity index (χ4n) is 1.99. The molecule has 0 spiro atoms. The number of H-pyrrole nitrogens is 1. The van der Waals surface area contributed by atoms with E-state index >= 15 is 0 Å². The van der Waals surface area contributed by atoms with E-state index < -0.39 is 78.1 Å². The van der Waals surface area contributed by atoms with Crippen molar-refractivity contribution < 1.29 is 41.3 Å². The number of nitrogens with one attached hydrogen (secondary N) is 1. The van der Waals surface area contributed by atoms with Crippen LogP contribution in [0.15, 0.2) is 35.5 Å². The second kappa shape index (κ2) is 7.75. The summed E-state index contributed by atoms with van der Waals surface area (Å²) in [5, 5.41) is -0.412. The minimum Gasteiger partial charge on any atom is -0.609 e. The van der Waals surface area contributed by atoms with Gasteiger partial charge >= 0.3 is 11.7 Å². The molecular formula is C16H15F2N3O4S. The van der Waals surface area contributed by atoms with Gasteiger partial charge in [-0.3, -0.25) is 9.97 Å². The quantitative estimate of drug-likeness (QED) is 0.621. The molecule has 0 radical (unpaired) electrons. The number of halogens is 2. The van der Waals surface area contributed by atoms with E-state index in [1.165, 1.54) is 0 Å². The largest absolute Gasteiger partial charge is 0.609 e. The molecule has 0 aliphatic carbocycles. The number of hydrogen-bond donors (Lipinski definition) is 1. The summed E-state index contributed by atoms with van der Waals surface area (Å²) < 4.78 is 127. The number of alkyl halides is 2. The summed E-state index contributed by atoms with van der Waals surface area (Å²) in [5.74, 6) is -2.83. The van der Waals surface area contributed by atoms with Crippen LogP contribution in [0.2, 0.25) is 0 Å². The minimum atomic E-state index is -4.50. The smallest absolute Gasteiger partial charge is 0.387 e. The summed E-state index contributed by atoms with van der Waals surface area (Å²) >= 11 is -2.23. The zero-order valence-electron chi connectivity index (χ0n) is 22.6. The monoisotopic (exact) mass is 393 g/mol. The maximum Gasteiger partial charge on any atom is 0.387 e. The molecule has 0 saturated heterocycles. The van der Waals surface area contributed by atoms with Gasteiger partial charge in [-0.15, -0.1) is 0 Å². The third kappa shape index (κ3) is 3.81. The van der Waals surface area contributed by atoms with Crippen LogP contribution in [0.25, 0.3) is 11.0 Å². The van der Waals surface area contributed by atoms with Crippen LogP contribution >= 0.6 is 0 Å². The molecule has 1 atom stereocenters. The number of aromatic amines is 1. The van der Waals surface area contributed by atoms with Gasteiger partial charge in [0, 0.05) is 29.5 Å². The van der Waals surface area contributed by atoms with E-state index in [1.54, 1.807) is 0 Å². The Labute approximate surface area is 164 Å². The molecule has 7 nitrogen and oxygen atoms in total. The Kier molecular flexibility index (Phi) is 2.79. The van der Waals surface area contributed by atoms with Gasteiger partial charge in [-0.25, -0.2) is 0 Å². The Bertz CT molecular complexity index is 1280. The molecule has 26 heavy (non-hydrogen) atoms. The number of methoxy groups -OCH3 is 2. The van der Waals surface area contributed by atoms with Crippen LogP contribution < -0.4 is 14.2 Å². The number of aromatic nitrogens is 3. The number of pyridine rings is 1. The van der Waals surface area contributed by atoms with Crippen LogP contribution in [0, 0.1) is 0 Å². The fraction of sp³-hybridized carbons (Fsp3) is 0.250. The summed E-state index contributed by atoms with van der Waals surface area (Å²) in [4.78, 5) is 10.2. The molecule has 10 heteroatoms. The van der Waals surface area contributed by atoms with Crippen molar-refractivity contribution in [2.24, 2.45) is 0 Å². The van der Waals surface area contributed by atoms with Crippen molar-refractivity contribution in [3.63, 3.8) is 0 Å². The van der Waals surface area contributed by atoms with Crippen molar-refractivity contribution in [3.05, 3.63) is 36.1 Å². The van der Waals surface area contributed by atoms with Crippen molar-refractivity contribution in [2.45, 2.75) is 17.5 Å². The van der Waals surface area contributed by atoms with Crippen LogP contribution in [0.4, 0.5) is 8.78 Å². The molecule has 0 saturated carbocycles. The molecule has 0 aliphatic heterocycles. The molecule has 0 aliphatic rings. The highest BCUT2D eigenvalue weighted by Gasteiger charge is 2.22. The van der Waals surface area contributed by atoms with Gasteiger partial charge in [0.1, 0.15) is 11.4 Å². The number of fused-ring (bicyclic) bond motifs is 1. The maximum absolute atomic E-state index is 13.0. The Morgan fingerprint density at radius 2 is 2.27 bits per heavy atom. The number of ether oxygens (including phenoxy) is 3. The summed E-state index contributed by atoms with van der Waals surface area (Å²) in [6, 6.07) is -1.52. The van der Waals surface area contributed by atoms with Crippen LogP contribution in [0.5, 0.6) is 17.2 Å². The summed E-state index contributed by atoms with van der Waals surface area (Å²) in [6.45, 7) is -4.50. The minimum absolute atomic E-state index is 0.303. The average Bonchev–Trinajstić information content (AvgIpc) is 3.15. The van der Waals surface area contributed by atoms with Crippen molar-refractivity contribution >= 4 is 22.2 Å². The normalized spacial score (nSPS) is 19.3. The lowest BCUT2D eigenvalue weighted by atomic mass is 10.3. The zero-order chi connectivity index (χ0) is 27.2. The van der Waals surface area contributed by atoms with Gasteiger partial charge in [-0.2, -0.15) is 13.8 Å².